The minimum atomic E-state index is -0.365. The van der Waals surface area contributed by atoms with Crippen LogP contribution in [0.2, 0.25) is 0 Å². The SMILES string of the molecule is CC(=O)N1CCN([C@@H](C)C(=O)Nc2ccc(Oc3ccc(F)cc3)cn2)CC1(C)C. The Morgan fingerprint density at radius 1 is 1.13 bits per heavy atom. The summed E-state index contributed by atoms with van der Waals surface area (Å²) >= 11 is 0. The average molecular weight is 414 g/mol. The standard InChI is InChI=1S/C22H27FN4O3/c1-15(26-11-12-27(16(2)28)22(3,4)14-26)21(29)25-20-10-9-19(13-24-20)30-18-7-5-17(23)6-8-18/h5-10,13,15H,11-12,14H2,1-4H3,(H,24,25,29)/t15-/m0/s1. The van der Waals surface area contributed by atoms with Crippen molar-refractivity contribution in [2.45, 2.75) is 39.3 Å². The molecule has 7 nitrogen and oxygen atoms in total. The molecular formula is C22H27FN4O3. The summed E-state index contributed by atoms with van der Waals surface area (Å²) in [4.78, 5) is 32.7. The monoisotopic (exact) mass is 414 g/mol. The Morgan fingerprint density at radius 2 is 1.80 bits per heavy atom. The number of hydrogen-bond acceptors (Lipinski definition) is 5. The number of hydrogen-bond donors (Lipinski definition) is 1. The smallest absolute Gasteiger partial charge is 0.242 e. The summed E-state index contributed by atoms with van der Waals surface area (Å²) in [6, 6.07) is 8.66. The molecule has 1 fully saturated rings. The van der Waals surface area contributed by atoms with E-state index < -0.39 is 0 Å². The number of ether oxygens (including phenoxy) is 1. The molecule has 1 aliphatic heterocycles. The Morgan fingerprint density at radius 3 is 2.37 bits per heavy atom. The first-order valence-corrected chi connectivity index (χ1v) is 9.88. The molecule has 1 N–H and O–H groups in total. The highest BCUT2D eigenvalue weighted by atomic mass is 19.1. The molecule has 3 rings (SSSR count). The number of piperazine rings is 1. The van der Waals surface area contributed by atoms with Crippen molar-refractivity contribution in [3.05, 3.63) is 48.4 Å². The fourth-order valence-corrected chi connectivity index (χ4v) is 3.66. The van der Waals surface area contributed by atoms with Crippen LogP contribution in [0.5, 0.6) is 11.5 Å². The third-order valence-electron chi connectivity index (χ3n) is 5.28. The maximum absolute atomic E-state index is 13.0. The molecule has 8 heteroatoms. The van der Waals surface area contributed by atoms with E-state index in [4.69, 9.17) is 4.74 Å². The van der Waals surface area contributed by atoms with Crippen LogP contribution in [0.3, 0.4) is 0 Å². The lowest BCUT2D eigenvalue weighted by Crippen LogP contribution is -2.63. The molecule has 0 radical (unpaired) electrons. The van der Waals surface area contributed by atoms with Gasteiger partial charge in [0, 0.05) is 32.1 Å². The van der Waals surface area contributed by atoms with Crippen LogP contribution in [-0.2, 0) is 9.59 Å². The van der Waals surface area contributed by atoms with E-state index >= 15 is 0 Å². The number of nitrogens with zero attached hydrogens (tertiary/aromatic N) is 3. The highest BCUT2D eigenvalue weighted by Gasteiger charge is 2.38. The van der Waals surface area contributed by atoms with Crippen LogP contribution >= 0.6 is 0 Å². The summed E-state index contributed by atoms with van der Waals surface area (Å²) in [7, 11) is 0. The van der Waals surface area contributed by atoms with E-state index in [-0.39, 0.29) is 29.2 Å². The number of amides is 2. The lowest BCUT2D eigenvalue weighted by molar-refractivity contribution is -0.139. The zero-order chi connectivity index (χ0) is 21.9. The van der Waals surface area contributed by atoms with Crippen LogP contribution in [0.15, 0.2) is 42.6 Å². The van der Waals surface area contributed by atoms with Crippen molar-refractivity contribution in [1.82, 2.24) is 14.8 Å². The van der Waals surface area contributed by atoms with E-state index in [2.05, 4.69) is 15.2 Å². The molecule has 2 aromatic rings. The fraction of sp³-hybridized carbons (Fsp3) is 0.409. The van der Waals surface area contributed by atoms with E-state index in [0.29, 0.717) is 37.0 Å². The summed E-state index contributed by atoms with van der Waals surface area (Å²) in [5, 5.41) is 2.82. The zero-order valence-corrected chi connectivity index (χ0v) is 17.7. The number of pyridine rings is 1. The molecule has 0 spiro atoms. The van der Waals surface area contributed by atoms with Crippen LogP contribution in [0.25, 0.3) is 0 Å². The average Bonchev–Trinajstić information content (AvgIpc) is 2.69. The highest BCUT2D eigenvalue weighted by Crippen LogP contribution is 2.24. The minimum Gasteiger partial charge on any atom is -0.456 e. The van der Waals surface area contributed by atoms with E-state index in [1.165, 1.54) is 30.5 Å². The lowest BCUT2D eigenvalue weighted by Gasteiger charge is -2.48. The first kappa shape index (κ1) is 21.7. The third kappa shape index (κ3) is 5.13. The molecule has 1 aromatic carbocycles. The predicted octanol–water partition coefficient (Wildman–Crippen LogP) is 3.28. The molecule has 1 aliphatic rings. The number of carbonyl (C=O) groups excluding carboxylic acids is 2. The number of anilines is 1. The van der Waals surface area contributed by atoms with E-state index in [9.17, 15) is 14.0 Å². The van der Waals surface area contributed by atoms with E-state index in [1.807, 2.05) is 25.7 Å². The zero-order valence-electron chi connectivity index (χ0n) is 17.7. The maximum Gasteiger partial charge on any atom is 0.242 e. The molecule has 1 aromatic heterocycles. The second-order valence-electron chi connectivity index (χ2n) is 8.05. The van der Waals surface area contributed by atoms with Gasteiger partial charge in [0.15, 0.2) is 0 Å². The van der Waals surface area contributed by atoms with Crippen molar-refractivity contribution in [3.8, 4) is 11.5 Å². The molecule has 30 heavy (non-hydrogen) atoms. The molecule has 0 unspecified atom stereocenters. The highest BCUT2D eigenvalue weighted by molar-refractivity contribution is 5.93. The minimum absolute atomic E-state index is 0.0453. The Kier molecular flexibility index (Phi) is 6.36. The Balaban J connectivity index is 1.57. The molecule has 1 saturated heterocycles. The van der Waals surface area contributed by atoms with E-state index in [0.717, 1.165) is 0 Å². The van der Waals surface area contributed by atoms with Gasteiger partial charge in [-0.25, -0.2) is 9.37 Å². The number of benzene rings is 1. The van der Waals surface area contributed by atoms with Crippen molar-refractivity contribution in [2.75, 3.05) is 25.0 Å². The van der Waals surface area contributed by atoms with Gasteiger partial charge in [0.1, 0.15) is 23.1 Å². The quantitative estimate of drug-likeness (QED) is 0.813. The molecule has 2 amide bonds. The van der Waals surface area contributed by atoms with Gasteiger partial charge in [0.2, 0.25) is 11.8 Å². The van der Waals surface area contributed by atoms with Gasteiger partial charge in [-0.1, -0.05) is 0 Å². The van der Waals surface area contributed by atoms with Crippen molar-refractivity contribution in [1.29, 1.82) is 0 Å². The second-order valence-corrected chi connectivity index (χ2v) is 8.05. The van der Waals surface area contributed by atoms with Crippen LogP contribution in [0, 0.1) is 5.82 Å². The molecule has 0 saturated carbocycles. The topological polar surface area (TPSA) is 74.8 Å². The van der Waals surface area contributed by atoms with Gasteiger partial charge in [0.25, 0.3) is 0 Å². The van der Waals surface area contributed by atoms with Crippen LogP contribution in [0.1, 0.15) is 27.7 Å². The maximum atomic E-state index is 13.0. The van der Waals surface area contributed by atoms with Gasteiger partial charge in [-0.05, 0) is 57.2 Å². The van der Waals surface area contributed by atoms with Crippen molar-refractivity contribution in [2.24, 2.45) is 0 Å². The number of carbonyl (C=O) groups is 2. The van der Waals surface area contributed by atoms with Crippen LogP contribution in [-0.4, -0.2) is 57.8 Å². The molecule has 160 valence electrons. The Bertz CT molecular complexity index is 900. The first-order chi connectivity index (χ1) is 14.2. The largest absolute Gasteiger partial charge is 0.456 e. The van der Waals surface area contributed by atoms with Gasteiger partial charge in [-0.3, -0.25) is 14.5 Å². The number of rotatable bonds is 5. The second kappa shape index (κ2) is 8.79. The van der Waals surface area contributed by atoms with Crippen molar-refractivity contribution >= 4 is 17.6 Å². The number of halogens is 1. The molecular weight excluding hydrogens is 387 g/mol. The summed E-state index contributed by atoms with van der Waals surface area (Å²) in [6.45, 7) is 9.27. The van der Waals surface area contributed by atoms with Gasteiger partial charge in [-0.15, -0.1) is 0 Å². The summed E-state index contributed by atoms with van der Waals surface area (Å²) < 4.78 is 18.6. The number of aromatic nitrogens is 1. The van der Waals surface area contributed by atoms with E-state index in [1.54, 1.807) is 19.1 Å². The summed E-state index contributed by atoms with van der Waals surface area (Å²) in [5.74, 6) is 0.940. The molecule has 0 bridgehead atoms. The van der Waals surface area contributed by atoms with Gasteiger partial charge in [0.05, 0.1) is 12.2 Å². The van der Waals surface area contributed by atoms with Gasteiger partial charge >= 0.3 is 0 Å². The Labute approximate surface area is 175 Å². The lowest BCUT2D eigenvalue weighted by atomic mass is 9.97. The summed E-state index contributed by atoms with van der Waals surface area (Å²) in [5.41, 5.74) is -0.337. The predicted molar refractivity (Wildman–Crippen MR) is 112 cm³/mol. The van der Waals surface area contributed by atoms with Crippen molar-refractivity contribution in [3.63, 3.8) is 0 Å². The van der Waals surface area contributed by atoms with Gasteiger partial charge in [-0.2, -0.15) is 0 Å². The number of nitrogens with one attached hydrogen (secondary N) is 1. The fourth-order valence-electron chi connectivity index (χ4n) is 3.66. The molecule has 2 heterocycles. The van der Waals surface area contributed by atoms with Crippen molar-refractivity contribution < 1.29 is 18.7 Å². The first-order valence-electron chi connectivity index (χ1n) is 9.88. The molecule has 1 atom stereocenters. The third-order valence-corrected chi connectivity index (χ3v) is 5.28. The van der Waals surface area contributed by atoms with Gasteiger partial charge < -0.3 is 15.0 Å². The Hall–Kier alpha value is -3.00. The molecule has 0 aliphatic carbocycles. The van der Waals surface area contributed by atoms with Crippen LogP contribution in [0.4, 0.5) is 10.2 Å². The normalized spacial score (nSPS) is 17.3. The summed E-state index contributed by atoms with van der Waals surface area (Å²) in [6.07, 6.45) is 1.50. The van der Waals surface area contributed by atoms with Crippen LogP contribution < -0.4 is 10.1 Å².